The van der Waals surface area contributed by atoms with Crippen LogP contribution >= 0.6 is 0 Å². The molecule has 0 aliphatic heterocycles. The number of halogens is 3. The maximum Gasteiger partial charge on any atom is 0.254 e. The van der Waals surface area contributed by atoms with Gasteiger partial charge >= 0.3 is 0 Å². The summed E-state index contributed by atoms with van der Waals surface area (Å²) in [6, 6.07) is 7.03. The largest absolute Gasteiger partial charge is 0.352 e. The molecule has 2 aromatic rings. The second kappa shape index (κ2) is 6.18. The first-order valence-electron chi connectivity index (χ1n) is 5.90. The smallest absolute Gasteiger partial charge is 0.254 e. The number of nitrogens with zero attached hydrogens (tertiary/aromatic N) is 1. The molecule has 1 aromatic carbocycles. The highest BCUT2D eigenvalue weighted by Gasteiger charge is 2.15. The number of nitrogens with one attached hydrogen (secondary N) is 1. The molecule has 2 rings (SSSR count). The van der Waals surface area contributed by atoms with Crippen LogP contribution in [0.2, 0.25) is 0 Å². The molecule has 0 aliphatic carbocycles. The Morgan fingerprint density at radius 3 is 2.75 bits per heavy atom. The summed E-state index contributed by atoms with van der Waals surface area (Å²) in [5.74, 6) is -3.70. The molecular weight excluding hydrogens is 269 g/mol. The van der Waals surface area contributed by atoms with Crippen LogP contribution in [0.5, 0.6) is 0 Å². The SMILES string of the molecule is O=C(NCCc1cccc(F)c1)c1ccnc(F)c1F. The number of carbonyl (C=O) groups excluding carboxylic acids is 1. The highest BCUT2D eigenvalue weighted by molar-refractivity contribution is 5.94. The second-order valence-corrected chi connectivity index (χ2v) is 4.10. The van der Waals surface area contributed by atoms with Gasteiger partial charge in [-0.2, -0.15) is 4.39 Å². The van der Waals surface area contributed by atoms with Crippen LogP contribution < -0.4 is 5.32 Å². The van der Waals surface area contributed by atoms with Crippen molar-refractivity contribution in [2.45, 2.75) is 6.42 Å². The Balaban J connectivity index is 1.94. The van der Waals surface area contributed by atoms with Crippen molar-refractivity contribution in [3.05, 3.63) is 65.2 Å². The number of amides is 1. The fraction of sp³-hybridized carbons (Fsp3) is 0.143. The van der Waals surface area contributed by atoms with Gasteiger partial charge in [-0.3, -0.25) is 4.79 Å². The van der Waals surface area contributed by atoms with Gasteiger partial charge in [-0.05, 0) is 30.2 Å². The molecule has 0 fully saturated rings. The topological polar surface area (TPSA) is 42.0 Å². The fourth-order valence-corrected chi connectivity index (χ4v) is 1.70. The first-order chi connectivity index (χ1) is 9.58. The number of carbonyl (C=O) groups is 1. The highest BCUT2D eigenvalue weighted by Crippen LogP contribution is 2.09. The molecule has 3 nitrogen and oxygen atoms in total. The Morgan fingerprint density at radius 2 is 2.00 bits per heavy atom. The van der Waals surface area contributed by atoms with Crippen molar-refractivity contribution in [3.63, 3.8) is 0 Å². The van der Waals surface area contributed by atoms with E-state index in [1.165, 1.54) is 12.1 Å². The lowest BCUT2D eigenvalue weighted by Gasteiger charge is -2.06. The Morgan fingerprint density at radius 1 is 1.20 bits per heavy atom. The predicted octanol–water partition coefficient (Wildman–Crippen LogP) is 2.47. The van der Waals surface area contributed by atoms with Crippen LogP contribution in [0.25, 0.3) is 0 Å². The van der Waals surface area contributed by atoms with Crippen LogP contribution in [-0.2, 0) is 6.42 Å². The Labute approximate surface area is 113 Å². The van der Waals surface area contributed by atoms with Gasteiger partial charge in [-0.15, -0.1) is 0 Å². The average Bonchev–Trinajstić information content (AvgIpc) is 2.42. The third-order valence-corrected chi connectivity index (χ3v) is 2.68. The van der Waals surface area contributed by atoms with Gasteiger partial charge in [-0.1, -0.05) is 12.1 Å². The summed E-state index contributed by atoms with van der Waals surface area (Å²) < 4.78 is 39.1. The zero-order valence-corrected chi connectivity index (χ0v) is 10.4. The summed E-state index contributed by atoms with van der Waals surface area (Å²) >= 11 is 0. The van der Waals surface area contributed by atoms with E-state index in [4.69, 9.17) is 0 Å². The zero-order valence-electron chi connectivity index (χ0n) is 10.4. The monoisotopic (exact) mass is 280 g/mol. The summed E-state index contributed by atoms with van der Waals surface area (Å²) in [5, 5.41) is 2.44. The molecule has 0 atom stereocenters. The summed E-state index contributed by atoms with van der Waals surface area (Å²) in [6.07, 6.45) is 1.40. The normalized spacial score (nSPS) is 10.3. The van der Waals surface area contributed by atoms with Crippen LogP contribution in [0.15, 0.2) is 36.5 Å². The number of aromatic nitrogens is 1. The van der Waals surface area contributed by atoms with Crippen molar-refractivity contribution in [2.24, 2.45) is 0 Å². The molecule has 0 radical (unpaired) electrons. The molecule has 20 heavy (non-hydrogen) atoms. The standard InChI is InChI=1S/C14H11F3N2O/c15-10-3-1-2-9(8-10)4-6-19-14(20)11-5-7-18-13(17)12(11)16/h1-3,5,7-8H,4,6H2,(H,19,20). The second-order valence-electron chi connectivity index (χ2n) is 4.10. The minimum Gasteiger partial charge on any atom is -0.352 e. The first-order valence-corrected chi connectivity index (χ1v) is 5.90. The Kier molecular flexibility index (Phi) is 4.34. The molecule has 6 heteroatoms. The van der Waals surface area contributed by atoms with E-state index in [1.807, 2.05) is 0 Å². The van der Waals surface area contributed by atoms with E-state index in [1.54, 1.807) is 12.1 Å². The molecule has 0 saturated heterocycles. The van der Waals surface area contributed by atoms with Crippen molar-refractivity contribution in [1.82, 2.24) is 10.3 Å². The van der Waals surface area contributed by atoms with Gasteiger partial charge in [0.2, 0.25) is 5.95 Å². The van der Waals surface area contributed by atoms with Gasteiger partial charge in [0.25, 0.3) is 5.91 Å². The van der Waals surface area contributed by atoms with Crippen molar-refractivity contribution in [1.29, 1.82) is 0 Å². The molecule has 1 heterocycles. The van der Waals surface area contributed by atoms with E-state index < -0.39 is 23.2 Å². The third kappa shape index (κ3) is 3.34. The highest BCUT2D eigenvalue weighted by atomic mass is 19.2. The van der Waals surface area contributed by atoms with Gasteiger partial charge in [0.1, 0.15) is 5.82 Å². The quantitative estimate of drug-likeness (QED) is 0.874. The maximum atomic E-state index is 13.3. The van der Waals surface area contributed by atoms with Crippen molar-refractivity contribution >= 4 is 5.91 Å². The van der Waals surface area contributed by atoms with Gasteiger partial charge in [0.05, 0.1) is 5.56 Å². The van der Waals surface area contributed by atoms with E-state index >= 15 is 0 Å². The lowest BCUT2D eigenvalue weighted by Crippen LogP contribution is -2.27. The van der Waals surface area contributed by atoms with E-state index in [-0.39, 0.29) is 12.4 Å². The van der Waals surface area contributed by atoms with Gasteiger partial charge in [0, 0.05) is 12.7 Å². The van der Waals surface area contributed by atoms with Gasteiger partial charge in [-0.25, -0.2) is 13.8 Å². The third-order valence-electron chi connectivity index (χ3n) is 2.68. The molecule has 0 unspecified atom stereocenters. The molecule has 0 aliphatic rings. The van der Waals surface area contributed by atoms with E-state index in [9.17, 15) is 18.0 Å². The Bertz CT molecular complexity index is 632. The first kappa shape index (κ1) is 14.0. The molecule has 1 amide bonds. The minimum atomic E-state index is -1.32. The van der Waals surface area contributed by atoms with Crippen molar-refractivity contribution in [2.75, 3.05) is 6.54 Å². The van der Waals surface area contributed by atoms with Crippen LogP contribution in [0, 0.1) is 17.6 Å². The molecule has 104 valence electrons. The number of rotatable bonds is 4. The zero-order chi connectivity index (χ0) is 14.5. The van der Waals surface area contributed by atoms with E-state index in [0.717, 1.165) is 12.3 Å². The van der Waals surface area contributed by atoms with Crippen LogP contribution in [-0.4, -0.2) is 17.4 Å². The van der Waals surface area contributed by atoms with E-state index in [2.05, 4.69) is 10.3 Å². The lowest BCUT2D eigenvalue weighted by atomic mass is 10.1. The molecule has 1 aromatic heterocycles. The maximum absolute atomic E-state index is 13.3. The van der Waals surface area contributed by atoms with Crippen LogP contribution in [0.1, 0.15) is 15.9 Å². The summed E-state index contributed by atoms with van der Waals surface area (Å²) in [4.78, 5) is 14.8. The molecular formula is C14H11F3N2O. The lowest BCUT2D eigenvalue weighted by molar-refractivity contribution is 0.0948. The summed E-state index contributed by atoms with van der Waals surface area (Å²) in [5.41, 5.74) is 0.295. The van der Waals surface area contributed by atoms with Gasteiger partial charge in [0.15, 0.2) is 5.82 Å². The molecule has 0 bridgehead atoms. The minimum absolute atomic E-state index is 0.186. The van der Waals surface area contributed by atoms with E-state index in [0.29, 0.717) is 12.0 Å². The van der Waals surface area contributed by atoms with Crippen LogP contribution in [0.4, 0.5) is 13.2 Å². The number of hydrogen-bond acceptors (Lipinski definition) is 2. The Hall–Kier alpha value is -2.37. The summed E-state index contributed by atoms with van der Waals surface area (Å²) in [7, 11) is 0. The molecule has 0 spiro atoms. The van der Waals surface area contributed by atoms with Crippen molar-refractivity contribution < 1.29 is 18.0 Å². The molecule has 0 saturated carbocycles. The predicted molar refractivity (Wildman–Crippen MR) is 66.6 cm³/mol. The van der Waals surface area contributed by atoms with Crippen LogP contribution in [0.3, 0.4) is 0 Å². The number of pyridine rings is 1. The fourth-order valence-electron chi connectivity index (χ4n) is 1.70. The van der Waals surface area contributed by atoms with Crippen molar-refractivity contribution in [3.8, 4) is 0 Å². The number of hydrogen-bond donors (Lipinski definition) is 1. The number of benzene rings is 1. The average molecular weight is 280 g/mol. The van der Waals surface area contributed by atoms with Gasteiger partial charge < -0.3 is 5.32 Å². The summed E-state index contributed by atoms with van der Waals surface area (Å²) in [6.45, 7) is 0.186. The molecule has 1 N–H and O–H groups in total.